The summed E-state index contributed by atoms with van der Waals surface area (Å²) in [6.45, 7) is 0. The summed E-state index contributed by atoms with van der Waals surface area (Å²) in [4.78, 5) is 2.38. The summed E-state index contributed by atoms with van der Waals surface area (Å²) in [5.41, 5.74) is 24.8. The van der Waals surface area contributed by atoms with E-state index in [1.807, 2.05) is 0 Å². The molecular weight excluding hydrogens is 939 g/mol. The molecule has 1 aliphatic rings. The first-order valence-corrected chi connectivity index (χ1v) is 27.0. The molecule has 13 aromatic carbocycles. The van der Waals surface area contributed by atoms with Gasteiger partial charge in [-0.3, -0.25) is 0 Å². The second-order valence-electron chi connectivity index (χ2n) is 20.4. The number of hydrogen-bond acceptors (Lipinski definition) is 1. The number of rotatable bonds is 11. The largest absolute Gasteiger partial charge is 0.311 e. The summed E-state index contributed by atoms with van der Waals surface area (Å²) in [6.07, 6.45) is 0. The molecule has 366 valence electrons. The van der Waals surface area contributed by atoms with Crippen molar-refractivity contribution < 1.29 is 0 Å². The third-order valence-corrected chi connectivity index (χ3v) is 16.0. The molecule has 0 saturated carbocycles. The fourth-order valence-electron chi connectivity index (χ4n) is 12.2. The van der Waals surface area contributed by atoms with E-state index in [9.17, 15) is 0 Å². The van der Waals surface area contributed by atoms with Gasteiger partial charge in [-0.05, 0) is 166 Å². The second kappa shape index (κ2) is 19.9. The average Bonchev–Trinajstić information content (AvgIpc) is 4.07. The molecule has 0 amide bonds. The third-order valence-electron chi connectivity index (χ3n) is 16.0. The minimum Gasteiger partial charge on any atom is -0.311 e. The van der Waals surface area contributed by atoms with Crippen molar-refractivity contribution in [2.24, 2.45) is 0 Å². The van der Waals surface area contributed by atoms with Gasteiger partial charge in [-0.25, -0.2) is 0 Å². The van der Waals surface area contributed by atoms with E-state index < -0.39 is 5.41 Å². The van der Waals surface area contributed by atoms with Gasteiger partial charge in [0.1, 0.15) is 0 Å². The highest BCUT2D eigenvalue weighted by molar-refractivity contribution is 5.96. The summed E-state index contributed by atoms with van der Waals surface area (Å²) >= 11 is 0. The highest BCUT2D eigenvalue weighted by Crippen LogP contribution is 2.58. The van der Waals surface area contributed by atoms with Crippen LogP contribution in [-0.4, -0.2) is 0 Å². The number of benzene rings is 13. The molecule has 78 heavy (non-hydrogen) atoms. The molecule has 1 aliphatic carbocycles. The molecule has 0 aromatic heterocycles. The molecule has 0 N–H and O–H groups in total. The number of nitrogens with zero attached hydrogens (tertiary/aromatic N) is 1. The van der Waals surface area contributed by atoms with Crippen molar-refractivity contribution in [2.45, 2.75) is 5.41 Å². The SMILES string of the molecule is c1ccc(-c2ccc(-c3ccc(N(c4ccc(-c5cccc(-c6cccc(-c7ccc8ccccc8c7)c6)c5)cc4)c4ccc(-c5cccc6c5-c5ccccc5C6(c5ccccc5)c5ccccc5)cc4)cc3)cc2)cc1. The summed E-state index contributed by atoms with van der Waals surface area (Å²) in [5, 5.41) is 2.50. The van der Waals surface area contributed by atoms with Crippen molar-refractivity contribution in [3.05, 3.63) is 344 Å². The molecule has 0 bridgehead atoms. The molecule has 14 rings (SSSR count). The zero-order chi connectivity index (χ0) is 51.8. The van der Waals surface area contributed by atoms with E-state index in [-0.39, 0.29) is 0 Å². The van der Waals surface area contributed by atoms with Crippen LogP contribution in [0.1, 0.15) is 22.3 Å². The van der Waals surface area contributed by atoms with Crippen LogP contribution in [0.4, 0.5) is 17.1 Å². The number of fused-ring (bicyclic) bond motifs is 4. The van der Waals surface area contributed by atoms with Crippen LogP contribution in [0.3, 0.4) is 0 Å². The highest BCUT2D eigenvalue weighted by Gasteiger charge is 2.46. The molecule has 0 spiro atoms. The van der Waals surface area contributed by atoms with Gasteiger partial charge in [0.25, 0.3) is 0 Å². The van der Waals surface area contributed by atoms with E-state index in [0.717, 1.165) is 22.6 Å². The summed E-state index contributed by atoms with van der Waals surface area (Å²) < 4.78 is 0. The Labute approximate surface area is 457 Å². The Hall–Kier alpha value is -10.1. The van der Waals surface area contributed by atoms with Gasteiger partial charge in [-0.1, -0.05) is 267 Å². The molecule has 0 fully saturated rings. The Kier molecular flexibility index (Phi) is 11.8. The molecular formula is C77H53N. The van der Waals surface area contributed by atoms with Gasteiger partial charge in [0.2, 0.25) is 0 Å². The fourth-order valence-corrected chi connectivity index (χ4v) is 12.2. The Morgan fingerprint density at radius 2 is 0.551 bits per heavy atom. The first-order valence-electron chi connectivity index (χ1n) is 27.0. The second-order valence-corrected chi connectivity index (χ2v) is 20.4. The third kappa shape index (κ3) is 8.30. The first-order chi connectivity index (χ1) is 38.7. The van der Waals surface area contributed by atoms with Crippen molar-refractivity contribution in [1.29, 1.82) is 0 Å². The Morgan fingerprint density at radius 1 is 0.205 bits per heavy atom. The van der Waals surface area contributed by atoms with Crippen LogP contribution in [0.15, 0.2) is 322 Å². The van der Waals surface area contributed by atoms with Gasteiger partial charge in [0.05, 0.1) is 5.41 Å². The van der Waals surface area contributed by atoms with E-state index in [1.54, 1.807) is 0 Å². The van der Waals surface area contributed by atoms with Crippen molar-refractivity contribution in [3.8, 4) is 77.9 Å². The normalized spacial score (nSPS) is 12.2. The Bertz CT molecular complexity index is 4220. The molecule has 0 aliphatic heterocycles. The lowest BCUT2D eigenvalue weighted by Gasteiger charge is -2.34. The minimum absolute atomic E-state index is 0.464. The van der Waals surface area contributed by atoms with Gasteiger partial charge < -0.3 is 4.90 Å². The summed E-state index contributed by atoms with van der Waals surface area (Å²) in [5.74, 6) is 0. The van der Waals surface area contributed by atoms with E-state index in [1.165, 1.54) is 105 Å². The first kappa shape index (κ1) is 46.5. The van der Waals surface area contributed by atoms with Crippen LogP contribution in [-0.2, 0) is 5.41 Å². The number of hydrogen-bond donors (Lipinski definition) is 0. The minimum atomic E-state index is -0.464. The van der Waals surface area contributed by atoms with E-state index in [0.29, 0.717) is 0 Å². The molecule has 13 aromatic rings. The molecule has 0 radical (unpaired) electrons. The topological polar surface area (TPSA) is 3.24 Å². The summed E-state index contributed by atoms with van der Waals surface area (Å²) in [6, 6.07) is 118. The lowest BCUT2D eigenvalue weighted by molar-refractivity contribution is 0.768. The maximum atomic E-state index is 2.38. The van der Waals surface area contributed by atoms with Crippen LogP contribution in [0.2, 0.25) is 0 Å². The predicted molar refractivity (Wildman–Crippen MR) is 329 cm³/mol. The summed E-state index contributed by atoms with van der Waals surface area (Å²) in [7, 11) is 0. The Balaban J connectivity index is 0.825. The van der Waals surface area contributed by atoms with Gasteiger partial charge in [0, 0.05) is 17.1 Å². The van der Waals surface area contributed by atoms with Gasteiger partial charge >= 0.3 is 0 Å². The van der Waals surface area contributed by atoms with Crippen LogP contribution in [0.5, 0.6) is 0 Å². The van der Waals surface area contributed by atoms with Crippen molar-refractivity contribution in [2.75, 3.05) is 4.90 Å². The maximum absolute atomic E-state index is 2.38. The van der Waals surface area contributed by atoms with Crippen molar-refractivity contribution >= 4 is 27.8 Å². The van der Waals surface area contributed by atoms with Gasteiger partial charge in [-0.2, -0.15) is 0 Å². The molecule has 0 saturated heterocycles. The fraction of sp³-hybridized carbons (Fsp3) is 0.0130. The Morgan fingerprint density at radius 3 is 1.10 bits per heavy atom. The average molecular weight is 992 g/mol. The van der Waals surface area contributed by atoms with Crippen LogP contribution >= 0.6 is 0 Å². The molecule has 1 nitrogen and oxygen atoms in total. The molecule has 0 unspecified atom stereocenters. The van der Waals surface area contributed by atoms with Crippen molar-refractivity contribution in [3.63, 3.8) is 0 Å². The van der Waals surface area contributed by atoms with Gasteiger partial charge in [-0.15, -0.1) is 0 Å². The monoisotopic (exact) mass is 991 g/mol. The van der Waals surface area contributed by atoms with Crippen LogP contribution in [0.25, 0.3) is 88.7 Å². The standard InChI is InChI=1S/C77H53N/c1-4-17-54(18-5-1)56-33-35-57(36-34-56)58-39-45-69(46-40-58)78(70-47-41-59(42-48-70)62-21-14-22-63(51-62)64-23-15-24-65(53-64)66-38-37-55-19-10-11-20-61(55)52-66)71-49-43-60(44-50-71)72-30-16-32-75-76(72)73-29-12-13-31-74(73)77(75,67-25-6-2-7-26-67)68-27-8-3-9-28-68/h1-53H. The lowest BCUT2D eigenvalue weighted by atomic mass is 9.67. The zero-order valence-corrected chi connectivity index (χ0v) is 43.0. The highest BCUT2D eigenvalue weighted by atomic mass is 15.1. The molecule has 0 heterocycles. The van der Waals surface area contributed by atoms with Crippen LogP contribution in [0, 0.1) is 0 Å². The van der Waals surface area contributed by atoms with E-state index in [4.69, 9.17) is 0 Å². The van der Waals surface area contributed by atoms with Crippen LogP contribution < -0.4 is 4.90 Å². The molecule has 0 atom stereocenters. The van der Waals surface area contributed by atoms with Crippen molar-refractivity contribution in [1.82, 2.24) is 0 Å². The number of anilines is 3. The maximum Gasteiger partial charge on any atom is 0.0713 e. The zero-order valence-electron chi connectivity index (χ0n) is 43.0. The smallest absolute Gasteiger partial charge is 0.0713 e. The van der Waals surface area contributed by atoms with Gasteiger partial charge in [0.15, 0.2) is 0 Å². The lowest BCUT2D eigenvalue weighted by Crippen LogP contribution is -2.28. The quantitative estimate of drug-likeness (QED) is 0.125. The van der Waals surface area contributed by atoms with E-state index in [2.05, 4.69) is 326 Å². The molecule has 1 heteroatoms. The van der Waals surface area contributed by atoms with E-state index >= 15 is 0 Å². The predicted octanol–water partition coefficient (Wildman–Crippen LogP) is 20.7.